The molecule has 0 N–H and O–H groups in total. The van der Waals surface area contributed by atoms with Crippen LogP contribution in [0.5, 0.6) is 0 Å². The fraction of sp³-hybridized carbons (Fsp3) is 0.917. The molecule has 0 aromatic rings. The molecule has 0 bridgehead atoms. The van der Waals surface area contributed by atoms with Crippen molar-refractivity contribution >= 4 is 17.5 Å². The lowest BCUT2D eigenvalue weighted by Gasteiger charge is -2.42. The molecule has 1 fully saturated rings. The Morgan fingerprint density at radius 3 is 2.70 bits per heavy atom. The molecule has 118 valence electrons. The zero-order chi connectivity index (χ0) is 15.4. The van der Waals surface area contributed by atoms with Gasteiger partial charge >= 0.3 is 6.18 Å². The van der Waals surface area contributed by atoms with Crippen LogP contribution in [0.3, 0.4) is 0 Å². The SMILES string of the molecule is CC1(C)CN(C(=O)CCOCC(F)(F)F)CC(CCl)O1. The predicted octanol–water partition coefficient (Wildman–Crippen LogP) is 2.20. The summed E-state index contributed by atoms with van der Waals surface area (Å²) in [7, 11) is 0. The van der Waals surface area contributed by atoms with Crippen molar-refractivity contribution in [2.45, 2.75) is 38.1 Å². The number of morpholine rings is 1. The first-order valence-corrected chi connectivity index (χ1v) is 6.82. The Balaban J connectivity index is 2.38. The normalized spacial score (nSPS) is 22.9. The van der Waals surface area contributed by atoms with Crippen LogP contribution in [0.25, 0.3) is 0 Å². The average Bonchev–Trinajstić information content (AvgIpc) is 2.31. The number of carbonyl (C=O) groups is 1. The maximum atomic E-state index is 11.9. The number of halogens is 4. The first kappa shape index (κ1) is 17.5. The lowest BCUT2D eigenvalue weighted by atomic mass is 10.1. The van der Waals surface area contributed by atoms with Gasteiger partial charge in [-0.2, -0.15) is 13.2 Å². The maximum Gasteiger partial charge on any atom is 0.411 e. The molecule has 0 aromatic heterocycles. The van der Waals surface area contributed by atoms with E-state index in [9.17, 15) is 18.0 Å². The molecule has 1 saturated heterocycles. The van der Waals surface area contributed by atoms with Crippen LogP contribution in [0.15, 0.2) is 0 Å². The van der Waals surface area contributed by atoms with E-state index >= 15 is 0 Å². The zero-order valence-electron chi connectivity index (χ0n) is 11.5. The molecule has 1 aliphatic heterocycles. The van der Waals surface area contributed by atoms with Crippen molar-refractivity contribution in [3.63, 3.8) is 0 Å². The third kappa shape index (κ3) is 6.28. The summed E-state index contributed by atoms with van der Waals surface area (Å²) in [4.78, 5) is 13.5. The third-order valence-corrected chi connectivity index (χ3v) is 3.08. The minimum atomic E-state index is -4.37. The number of nitrogens with zero attached hydrogens (tertiary/aromatic N) is 1. The predicted molar refractivity (Wildman–Crippen MR) is 67.7 cm³/mol. The smallest absolute Gasteiger partial charge is 0.372 e. The van der Waals surface area contributed by atoms with Gasteiger partial charge in [-0.25, -0.2) is 0 Å². The summed E-state index contributed by atoms with van der Waals surface area (Å²) < 4.78 is 45.7. The van der Waals surface area contributed by atoms with E-state index in [0.717, 1.165) is 0 Å². The molecule has 4 nitrogen and oxygen atoms in total. The summed E-state index contributed by atoms with van der Waals surface area (Å²) in [5.74, 6) is 0.0105. The van der Waals surface area contributed by atoms with Gasteiger partial charge in [-0.15, -0.1) is 11.6 Å². The summed E-state index contributed by atoms with van der Waals surface area (Å²) in [6.07, 6.45) is -4.71. The minimum Gasteiger partial charge on any atom is -0.372 e. The van der Waals surface area contributed by atoms with Crippen molar-refractivity contribution in [3.05, 3.63) is 0 Å². The van der Waals surface area contributed by atoms with E-state index in [0.29, 0.717) is 13.1 Å². The van der Waals surface area contributed by atoms with Crippen molar-refractivity contribution in [3.8, 4) is 0 Å². The lowest BCUT2D eigenvalue weighted by Crippen LogP contribution is -2.55. The number of rotatable bonds is 5. The summed E-state index contributed by atoms with van der Waals surface area (Å²) in [5.41, 5.74) is -0.514. The van der Waals surface area contributed by atoms with Gasteiger partial charge in [-0.05, 0) is 13.8 Å². The molecule has 8 heteroatoms. The van der Waals surface area contributed by atoms with Gasteiger partial charge in [0.1, 0.15) is 6.61 Å². The Labute approximate surface area is 121 Å². The van der Waals surface area contributed by atoms with Gasteiger partial charge in [0.15, 0.2) is 0 Å². The molecule has 1 aliphatic rings. The largest absolute Gasteiger partial charge is 0.411 e. The quantitative estimate of drug-likeness (QED) is 0.576. The lowest BCUT2D eigenvalue weighted by molar-refractivity contribution is -0.177. The van der Waals surface area contributed by atoms with Crippen molar-refractivity contribution in [2.24, 2.45) is 0 Å². The molecular formula is C12H19ClF3NO3. The number of amides is 1. The highest BCUT2D eigenvalue weighted by Crippen LogP contribution is 2.22. The van der Waals surface area contributed by atoms with Gasteiger partial charge < -0.3 is 14.4 Å². The molecular weight excluding hydrogens is 299 g/mol. The van der Waals surface area contributed by atoms with Crippen LogP contribution in [0.4, 0.5) is 13.2 Å². The number of alkyl halides is 4. The molecule has 0 spiro atoms. The van der Waals surface area contributed by atoms with Crippen LogP contribution < -0.4 is 0 Å². The van der Waals surface area contributed by atoms with Crippen molar-refractivity contribution in [2.75, 3.05) is 32.2 Å². The second-order valence-electron chi connectivity index (χ2n) is 5.35. The summed E-state index contributed by atoms with van der Waals surface area (Å²) in [6.45, 7) is 2.84. The van der Waals surface area contributed by atoms with Gasteiger partial charge in [0.25, 0.3) is 0 Å². The second-order valence-corrected chi connectivity index (χ2v) is 5.65. The molecule has 1 amide bonds. The van der Waals surface area contributed by atoms with E-state index in [1.807, 2.05) is 13.8 Å². The molecule has 1 heterocycles. The first-order chi connectivity index (χ1) is 9.13. The monoisotopic (exact) mass is 317 g/mol. The van der Waals surface area contributed by atoms with Crippen molar-refractivity contribution < 1.29 is 27.4 Å². The van der Waals surface area contributed by atoms with Crippen LogP contribution >= 0.6 is 11.6 Å². The highest BCUT2D eigenvalue weighted by atomic mass is 35.5. The molecule has 1 atom stereocenters. The molecule has 0 saturated carbocycles. The van der Waals surface area contributed by atoms with Crippen molar-refractivity contribution in [1.82, 2.24) is 4.90 Å². The number of ether oxygens (including phenoxy) is 2. The van der Waals surface area contributed by atoms with Gasteiger partial charge in [0.05, 0.1) is 30.6 Å². The van der Waals surface area contributed by atoms with Gasteiger partial charge in [-0.1, -0.05) is 0 Å². The Morgan fingerprint density at radius 1 is 1.50 bits per heavy atom. The van der Waals surface area contributed by atoms with Crippen LogP contribution in [-0.4, -0.2) is 60.9 Å². The molecule has 20 heavy (non-hydrogen) atoms. The van der Waals surface area contributed by atoms with E-state index in [4.69, 9.17) is 16.3 Å². The Morgan fingerprint density at radius 2 is 2.15 bits per heavy atom. The molecule has 1 unspecified atom stereocenters. The molecule has 0 radical (unpaired) electrons. The Bertz CT molecular complexity index is 336. The van der Waals surface area contributed by atoms with E-state index in [2.05, 4.69) is 4.74 Å². The fourth-order valence-electron chi connectivity index (χ4n) is 2.07. The summed E-state index contributed by atoms with van der Waals surface area (Å²) in [6, 6.07) is 0. The fourth-order valence-corrected chi connectivity index (χ4v) is 2.23. The Hall–Kier alpha value is -0.530. The van der Waals surface area contributed by atoms with E-state index in [1.54, 1.807) is 4.90 Å². The van der Waals surface area contributed by atoms with Crippen molar-refractivity contribution in [1.29, 1.82) is 0 Å². The summed E-state index contributed by atoms with van der Waals surface area (Å²) in [5, 5.41) is 0. The van der Waals surface area contributed by atoms with E-state index < -0.39 is 18.4 Å². The zero-order valence-corrected chi connectivity index (χ0v) is 12.3. The van der Waals surface area contributed by atoms with Crippen LogP contribution in [0, 0.1) is 0 Å². The molecule has 0 aliphatic carbocycles. The van der Waals surface area contributed by atoms with E-state index in [-0.39, 0.29) is 30.9 Å². The number of hydrogen-bond acceptors (Lipinski definition) is 3. The number of carbonyl (C=O) groups excluding carboxylic acids is 1. The van der Waals surface area contributed by atoms with E-state index in [1.165, 1.54) is 0 Å². The van der Waals surface area contributed by atoms with Crippen LogP contribution in [0.2, 0.25) is 0 Å². The van der Waals surface area contributed by atoms with Crippen LogP contribution in [0.1, 0.15) is 20.3 Å². The van der Waals surface area contributed by atoms with Gasteiger partial charge in [0, 0.05) is 13.1 Å². The molecule has 0 aromatic carbocycles. The molecule has 1 rings (SSSR count). The second kappa shape index (κ2) is 6.95. The standard InChI is InChI=1S/C12H19ClF3NO3/c1-11(2)7-17(6-9(5-13)20-11)10(18)3-4-19-8-12(14,15)16/h9H,3-8H2,1-2H3. The van der Waals surface area contributed by atoms with Gasteiger partial charge in [0.2, 0.25) is 5.91 Å². The first-order valence-electron chi connectivity index (χ1n) is 6.29. The average molecular weight is 318 g/mol. The minimum absolute atomic E-state index is 0.0822. The van der Waals surface area contributed by atoms with Gasteiger partial charge in [-0.3, -0.25) is 4.79 Å². The highest BCUT2D eigenvalue weighted by molar-refractivity contribution is 6.18. The maximum absolute atomic E-state index is 11.9. The summed E-state index contributed by atoms with van der Waals surface area (Å²) >= 11 is 5.74. The Kier molecular flexibility index (Phi) is 6.09. The number of hydrogen-bond donors (Lipinski definition) is 0. The topological polar surface area (TPSA) is 38.8 Å². The highest BCUT2D eigenvalue weighted by Gasteiger charge is 2.35. The van der Waals surface area contributed by atoms with Crippen LogP contribution in [-0.2, 0) is 14.3 Å². The third-order valence-electron chi connectivity index (χ3n) is 2.73.